The maximum absolute atomic E-state index is 12.8. The molecule has 6 nitrogen and oxygen atoms in total. The lowest BCUT2D eigenvalue weighted by Gasteiger charge is -2.08. The first kappa shape index (κ1) is 13.3. The van der Waals surface area contributed by atoms with Gasteiger partial charge in [-0.3, -0.25) is 4.72 Å². The molecule has 0 unspecified atom stereocenters. The number of aromatic nitrogens is 1. The number of phenolic OH excluding ortho intramolecular Hbond substituents is 1. The third-order valence-corrected chi connectivity index (χ3v) is 3.45. The number of phenols is 1. The van der Waals surface area contributed by atoms with Gasteiger partial charge in [-0.05, 0) is 19.1 Å². The van der Waals surface area contributed by atoms with Gasteiger partial charge in [0.15, 0.2) is 0 Å². The Morgan fingerprint density at radius 3 is 2.74 bits per heavy atom. The summed E-state index contributed by atoms with van der Waals surface area (Å²) in [6.45, 7) is 1.64. The van der Waals surface area contributed by atoms with Gasteiger partial charge in [-0.1, -0.05) is 5.16 Å². The van der Waals surface area contributed by atoms with Crippen molar-refractivity contribution in [2.75, 3.05) is 4.72 Å². The number of aryl methyl sites for hydroxylation is 1. The summed E-state index contributed by atoms with van der Waals surface area (Å²) >= 11 is 0. The Morgan fingerprint density at radius 1 is 1.42 bits per heavy atom. The third-order valence-electron chi connectivity index (χ3n) is 2.24. The molecule has 1 aromatic heterocycles. The highest BCUT2D eigenvalue weighted by Crippen LogP contribution is 2.25. The molecule has 0 saturated carbocycles. The van der Waals surface area contributed by atoms with Crippen LogP contribution in [0.3, 0.4) is 0 Å². The number of anilines is 1. The fourth-order valence-corrected chi connectivity index (χ4v) is 2.58. The number of halogens is 1. The quantitative estimate of drug-likeness (QED) is 0.836. The summed E-state index contributed by atoms with van der Waals surface area (Å²) in [7, 11) is -3.76. The molecule has 2 N–H and O–H groups in total. The minimum atomic E-state index is -3.76. The molecule has 1 aromatic carbocycles. The summed E-state index contributed by atoms with van der Waals surface area (Å²) in [5.74, 6) is -1.05. The highest BCUT2D eigenvalue weighted by Gasteiger charge is 2.16. The molecule has 0 aliphatic carbocycles. The molecule has 0 aliphatic rings. The summed E-state index contributed by atoms with van der Waals surface area (Å²) < 4.78 is 43.3. The Labute approximate surface area is 108 Å². The van der Waals surface area contributed by atoms with Crippen molar-refractivity contribution in [3.05, 3.63) is 41.5 Å². The van der Waals surface area contributed by atoms with E-state index in [2.05, 4.69) is 9.88 Å². The van der Waals surface area contributed by atoms with Crippen LogP contribution >= 0.6 is 0 Å². The van der Waals surface area contributed by atoms with Crippen molar-refractivity contribution in [2.45, 2.75) is 12.7 Å². The van der Waals surface area contributed by atoms with E-state index < -0.39 is 27.3 Å². The summed E-state index contributed by atoms with van der Waals surface area (Å²) in [5.41, 5.74) is 0.146. The zero-order valence-corrected chi connectivity index (χ0v) is 10.7. The zero-order chi connectivity index (χ0) is 14.0. The summed E-state index contributed by atoms with van der Waals surface area (Å²) in [6, 6.07) is 4.48. The van der Waals surface area contributed by atoms with Crippen molar-refractivity contribution in [1.82, 2.24) is 5.16 Å². The van der Waals surface area contributed by atoms with E-state index in [1.54, 1.807) is 6.92 Å². The fraction of sp³-hybridized carbons (Fsp3) is 0.182. The average molecular weight is 286 g/mol. The van der Waals surface area contributed by atoms with Gasteiger partial charge in [0.25, 0.3) is 0 Å². The topological polar surface area (TPSA) is 92.4 Å². The number of sulfonamides is 1. The van der Waals surface area contributed by atoms with Crippen LogP contribution in [0.4, 0.5) is 10.1 Å². The van der Waals surface area contributed by atoms with Crippen LogP contribution in [0.15, 0.2) is 28.8 Å². The molecule has 0 aliphatic heterocycles. The summed E-state index contributed by atoms with van der Waals surface area (Å²) in [4.78, 5) is 0. The second-order valence-corrected chi connectivity index (χ2v) is 5.67. The first-order chi connectivity index (χ1) is 8.85. The van der Waals surface area contributed by atoms with Crippen LogP contribution in [0.2, 0.25) is 0 Å². The van der Waals surface area contributed by atoms with E-state index in [1.807, 2.05) is 0 Å². The Hall–Kier alpha value is -2.09. The Balaban J connectivity index is 2.17. The summed E-state index contributed by atoms with van der Waals surface area (Å²) in [6.07, 6.45) is 0. The van der Waals surface area contributed by atoms with Crippen LogP contribution in [-0.4, -0.2) is 18.7 Å². The number of nitrogens with zero attached hydrogens (tertiary/aromatic N) is 1. The molecule has 0 fully saturated rings. The number of hydrogen-bond acceptors (Lipinski definition) is 5. The number of rotatable bonds is 4. The van der Waals surface area contributed by atoms with Gasteiger partial charge >= 0.3 is 0 Å². The lowest BCUT2D eigenvalue weighted by molar-refractivity contribution is 0.392. The fourth-order valence-electron chi connectivity index (χ4n) is 1.48. The van der Waals surface area contributed by atoms with E-state index >= 15 is 0 Å². The van der Waals surface area contributed by atoms with E-state index in [1.165, 1.54) is 6.07 Å². The van der Waals surface area contributed by atoms with Crippen molar-refractivity contribution >= 4 is 15.7 Å². The maximum Gasteiger partial charge on any atom is 0.238 e. The lowest BCUT2D eigenvalue weighted by atomic mass is 10.3. The molecule has 0 amide bonds. The van der Waals surface area contributed by atoms with E-state index in [4.69, 9.17) is 4.52 Å². The second-order valence-electron chi connectivity index (χ2n) is 3.95. The Morgan fingerprint density at radius 2 is 2.16 bits per heavy atom. The molecule has 2 rings (SSSR count). The van der Waals surface area contributed by atoms with Gasteiger partial charge in [0, 0.05) is 12.1 Å². The first-order valence-corrected chi connectivity index (χ1v) is 6.92. The Kier molecular flexibility index (Phi) is 3.43. The van der Waals surface area contributed by atoms with E-state index in [0.717, 1.165) is 18.2 Å². The standard InChI is InChI=1S/C11H11FN2O4S/c1-7-4-9(13-18-7)6-19(16,17)14-10-3-2-8(12)5-11(10)15/h2-5,14-15H,6H2,1H3. The molecule has 2 aromatic rings. The normalized spacial score (nSPS) is 11.5. The third kappa shape index (κ3) is 3.44. The molecule has 19 heavy (non-hydrogen) atoms. The van der Waals surface area contributed by atoms with Crippen LogP contribution < -0.4 is 4.72 Å². The van der Waals surface area contributed by atoms with Crippen LogP contribution in [0, 0.1) is 12.7 Å². The molecule has 0 radical (unpaired) electrons. The number of benzene rings is 1. The molecule has 102 valence electrons. The van der Waals surface area contributed by atoms with Crippen molar-refractivity contribution in [2.24, 2.45) is 0 Å². The maximum atomic E-state index is 12.8. The minimum Gasteiger partial charge on any atom is -0.506 e. The molecular weight excluding hydrogens is 275 g/mol. The van der Waals surface area contributed by atoms with Crippen molar-refractivity contribution in [1.29, 1.82) is 0 Å². The van der Waals surface area contributed by atoms with Crippen LogP contribution in [0.1, 0.15) is 11.5 Å². The molecular formula is C11H11FN2O4S. The second kappa shape index (κ2) is 4.88. The van der Waals surface area contributed by atoms with E-state index in [0.29, 0.717) is 5.76 Å². The Bertz CT molecular complexity index is 696. The lowest BCUT2D eigenvalue weighted by Crippen LogP contribution is -2.15. The van der Waals surface area contributed by atoms with Crippen molar-refractivity contribution < 1.29 is 22.4 Å². The van der Waals surface area contributed by atoms with Gasteiger partial charge in [-0.15, -0.1) is 0 Å². The predicted molar refractivity (Wildman–Crippen MR) is 65.6 cm³/mol. The monoisotopic (exact) mass is 286 g/mol. The molecule has 0 spiro atoms. The van der Waals surface area contributed by atoms with Crippen LogP contribution in [0.25, 0.3) is 0 Å². The molecule has 0 saturated heterocycles. The van der Waals surface area contributed by atoms with Crippen LogP contribution in [-0.2, 0) is 15.8 Å². The highest BCUT2D eigenvalue weighted by atomic mass is 32.2. The largest absolute Gasteiger partial charge is 0.506 e. The summed E-state index contributed by atoms with van der Waals surface area (Å²) in [5, 5.41) is 13.0. The number of hydrogen-bond donors (Lipinski definition) is 2. The number of nitrogens with one attached hydrogen (secondary N) is 1. The van der Waals surface area contributed by atoms with Crippen molar-refractivity contribution in [3.63, 3.8) is 0 Å². The van der Waals surface area contributed by atoms with E-state index in [-0.39, 0.29) is 11.4 Å². The van der Waals surface area contributed by atoms with Gasteiger partial charge < -0.3 is 9.63 Å². The average Bonchev–Trinajstić information content (AvgIpc) is 2.67. The highest BCUT2D eigenvalue weighted by molar-refractivity contribution is 7.91. The minimum absolute atomic E-state index is 0.0957. The molecule has 0 atom stereocenters. The predicted octanol–water partition coefficient (Wildman–Crippen LogP) is 1.77. The van der Waals surface area contributed by atoms with Gasteiger partial charge in [-0.2, -0.15) is 0 Å². The van der Waals surface area contributed by atoms with Crippen molar-refractivity contribution in [3.8, 4) is 5.75 Å². The van der Waals surface area contributed by atoms with Gasteiger partial charge in [-0.25, -0.2) is 12.8 Å². The van der Waals surface area contributed by atoms with Gasteiger partial charge in [0.2, 0.25) is 10.0 Å². The smallest absolute Gasteiger partial charge is 0.238 e. The van der Waals surface area contributed by atoms with Gasteiger partial charge in [0.05, 0.1) is 5.69 Å². The number of aromatic hydroxyl groups is 1. The van der Waals surface area contributed by atoms with Gasteiger partial charge in [0.1, 0.15) is 28.8 Å². The molecule has 1 heterocycles. The van der Waals surface area contributed by atoms with Crippen LogP contribution in [0.5, 0.6) is 5.75 Å². The zero-order valence-electron chi connectivity index (χ0n) is 9.92. The SMILES string of the molecule is Cc1cc(CS(=O)(=O)Nc2ccc(F)cc2O)no1. The molecule has 0 bridgehead atoms. The molecule has 8 heteroatoms. The van der Waals surface area contributed by atoms with E-state index in [9.17, 15) is 17.9 Å². The first-order valence-electron chi connectivity index (χ1n) is 5.27.